The SMILES string of the molecule is O=C(CN(C[C@H]1CCCO1)C(=O)C1CC1)N(Cc1ccc(F)cc1)Cc1ccco1. The van der Waals surface area contributed by atoms with Crippen LogP contribution in [0.2, 0.25) is 0 Å². The summed E-state index contributed by atoms with van der Waals surface area (Å²) in [5.41, 5.74) is 0.815. The minimum Gasteiger partial charge on any atom is -0.467 e. The van der Waals surface area contributed by atoms with Gasteiger partial charge in [0.15, 0.2) is 0 Å². The number of halogens is 1. The van der Waals surface area contributed by atoms with Crippen LogP contribution in [0.4, 0.5) is 4.39 Å². The van der Waals surface area contributed by atoms with Gasteiger partial charge in [0.25, 0.3) is 0 Å². The first kappa shape index (κ1) is 20.6. The minimum absolute atomic E-state index is 0.00359. The third-order valence-electron chi connectivity index (χ3n) is 5.58. The van der Waals surface area contributed by atoms with Gasteiger partial charge in [-0.3, -0.25) is 9.59 Å². The number of carbonyl (C=O) groups is 2. The molecule has 160 valence electrons. The Balaban J connectivity index is 1.47. The number of furan rings is 1. The number of carbonyl (C=O) groups excluding carboxylic acids is 2. The fourth-order valence-corrected chi connectivity index (χ4v) is 3.75. The van der Waals surface area contributed by atoms with E-state index in [-0.39, 0.29) is 42.7 Å². The van der Waals surface area contributed by atoms with E-state index in [4.69, 9.17) is 9.15 Å². The molecule has 2 aliphatic rings. The molecule has 30 heavy (non-hydrogen) atoms. The molecular formula is C23H27FN2O4. The van der Waals surface area contributed by atoms with Crippen molar-refractivity contribution in [2.45, 2.75) is 44.9 Å². The summed E-state index contributed by atoms with van der Waals surface area (Å²) in [5.74, 6) is 0.251. The molecule has 1 aliphatic carbocycles. The monoisotopic (exact) mass is 414 g/mol. The van der Waals surface area contributed by atoms with Crippen molar-refractivity contribution in [2.24, 2.45) is 5.92 Å². The van der Waals surface area contributed by atoms with Crippen LogP contribution in [0.25, 0.3) is 0 Å². The van der Waals surface area contributed by atoms with Gasteiger partial charge in [-0.05, 0) is 55.5 Å². The highest BCUT2D eigenvalue weighted by Gasteiger charge is 2.36. The number of ether oxygens (including phenoxy) is 1. The molecule has 6 nitrogen and oxygen atoms in total. The summed E-state index contributed by atoms with van der Waals surface area (Å²) in [4.78, 5) is 29.4. The fraction of sp³-hybridized carbons (Fsp3) is 0.478. The summed E-state index contributed by atoms with van der Waals surface area (Å²) in [6.07, 6.45) is 5.24. The van der Waals surface area contributed by atoms with E-state index in [1.807, 2.05) is 6.07 Å². The quantitative estimate of drug-likeness (QED) is 0.631. The van der Waals surface area contributed by atoms with E-state index in [0.29, 0.717) is 25.5 Å². The Morgan fingerprint density at radius 2 is 1.83 bits per heavy atom. The fourth-order valence-electron chi connectivity index (χ4n) is 3.75. The molecule has 1 saturated heterocycles. The Bertz CT molecular complexity index is 843. The van der Waals surface area contributed by atoms with Crippen LogP contribution in [0.5, 0.6) is 0 Å². The molecule has 1 aromatic heterocycles. The van der Waals surface area contributed by atoms with Crippen molar-refractivity contribution < 1.29 is 23.1 Å². The summed E-state index contributed by atoms with van der Waals surface area (Å²) < 4.78 is 24.4. The highest BCUT2D eigenvalue weighted by Crippen LogP contribution is 2.31. The van der Waals surface area contributed by atoms with Crippen LogP contribution in [0.15, 0.2) is 47.1 Å². The second-order valence-electron chi connectivity index (χ2n) is 8.08. The van der Waals surface area contributed by atoms with Crippen molar-refractivity contribution in [3.8, 4) is 0 Å². The van der Waals surface area contributed by atoms with Crippen molar-refractivity contribution in [3.63, 3.8) is 0 Å². The van der Waals surface area contributed by atoms with Crippen molar-refractivity contribution in [3.05, 3.63) is 59.8 Å². The normalized spacial score (nSPS) is 18.4. The topological polar surface area (TPSA) is 63.0 Å². The van der Waals surface area contributed by atoms with Crippen molar-refractivity contribution in [1.29, 1.82) is 0 Å². The van der Waals surface area contributed by atoms with Crippen molar-refractivity contribution in [2.75, 3.05) is 19.7 Å². The van der Waals surface area contributed by atoms with Gasteiger partial charge in [-0.1, -0.05) is 12.1 Å². The van der Waals surface area contributed by atoms with Gasteiger partial charge in [0.1, 0.15) is 11.6 Å². The number of amides is 2. The standard InChI is InChI=1S/C23H27FN2O4/c24-19-9-5-17(6-10-19)13-25(14-20-3-1-11-29-20)22(27)16-26(23(28)18-7-8-18)15-21-4-2-12-30-21/h1,3,5-6,9-11,18,21H,2,4,7-8,12-16H2/t21-/m1/s1. The maximum Gasteiger partial charge on any atom is 0.242 e. The second kappa shape index (κ2) is 9.43. The molecule has 1 atom stereocenters. The summed E-state index contributed by atoms with van der Waals surface area (Å²) >= 11 is 0. The van der Waals surface area contributed by atoms with Gasteiger partial charge >= 0.3 is 0 Å². The number of rotatable bonds is 9. The zero-order chi connectivity index (χ0) is 20.9. The number of hydrogen-bond donors (Lipinski definition) is 0. The van der Waals surface area contributed by atoms with E-state index in [1.165, 1.54) is 12.1 Å². The molecule has 4 rings (SSSR count). The van der Waals surface area contributed by atoms with E-state index in [9.17, 15) is 14.0 Å². The number of hydrogen-bond acceptors (Lipinski definition) is 4. The first-order valence-corrected chi connectivity index (χ1v) is 10.5. The van der Waals surface area contributed by atoms with Crippen LogP contribution < -0.4 is 0 Å². The Hall–Kier alpha value is -2.67. The molecule has 2 fully saturated rings. The highest BCUT2D eigenvalue weighted by atomic mass is 19.1. The largest absolute Gasteiger partial charge is 0.467 e. The third kappa shape index (κ3) is 5.48. The maximum atomic E-state index is 13.3. The van der Waals surface area contributed by atoms with E-state index in [1.54, 1.807) is 34.3 Å². The molecule has 7 heteroatoms. The summed E-state index contributed by atoms with van der Waals surface area (Å²) in [6, 6.07) is 9.67. The van der Waals surface area contributed by atoms with Gasteiger partial charge in [-0.15, -0.1) is 0 Å². The number of benzene rings is 1. The molecule has 1 saturated carbocycles. The first-order chi connectivity index (χ1) is 14.6. The molecule has 0 N–H and O–H groups in total. The summed E-state index contributed by atoms with van der Waals surface area (Å²) in [6.45, 7) is 1.77. The van der Waals surface area contributed by atoms with Crippen LogP contribution in [-0.2, 0) is 27.4 Å². The molecule has 0 unspecified atom stereocenters. The average Bonchev–Trinajstić information content (AvgIpc) is 3.21. The van der Waals surface area contributed by atoms with E-state index in [0.717, 1.165) is 31.2 Å². The third-order valence-corrected chi connectivity index (χ3v) is 5.58. The van der Waals surface area contributed by atoms with Crippen LogP contribution in [0.1, 0.15) is 37.0 Å². The second-order valence-corrected chi connectivity index (χ2v) is 8.08. The average molecular weight is 414 g/mol. The molecular weight excluding hydrogens is 387 g/mol. The molecule has 2 aromatic rings. The lowest BCUT2D eigenvalue weighted by Gasteiger charge is -2.29. The molecule has 0 spiro atoms. The zero-order valence-electron chi connectivity index (χ0n) is 17.0. The summed E-state index contributed by atoms with van der Waals surface area (Å²) in [7, 11) is 0. The highest BCUT2D eigenvalue weighted by molar-refractivity contribution is 5.87. The van der Waals surface area contributed by atoms with Crippen LogP contribution in [-0.4, -0.2) is 47.4 Å². The van der Waals surface area contributed by atoms with Gasteiger partial charge < -0.3 is 19.0 Å². The van der Waals surface area contributed by atoms with E-state index >= 15 is 0 Å². The zero-order valence-corrected chi connectivity index (χ0v) is 17.0. The maximum absolute atomic E-state index is 13.3. The Morgan fingerprint density at radius 1 is 1.03 bits per heavy atom. The molecule has 0 bridgehead atoms. The predicted octanol–water partition coefficient (Wildman–Crippen LogP) is 3.37. The molecule has 2 amide bonds. The lowest BCUT2D eigenvalue weighted by Crippen LogP contribution is -2.45. The van der Waals surface area contributed by atoms with Crippen LogP contribution in [0, 0.1) is 11.7 Å². The van der Waals surface area contributed by atoms with Crippen molar-refractivity contribution in [1.82, 2.24) is 9.80 Å². The summed E-state index contributed by atoms with van der Waals surface area (Å²) in [5, 5.41) is 0. The number of nitrogens with zero attached hydrogens (tertiary/aromatic N) is 2. The van der Waals surface area contributed by atoms with Crippen LogP contribution >= 0.6 is 0 Å². The molecule has 1 aromatic carbocycles. The predicted molar refractivity (Wildman–Crippen MR) is 108 cm³/mol. The molecule has 2 heterocycles. The molecule has 0 radical (unpaired) electrons. The lowest BCUT2D eigenvalue weighted by molar-refractivity contribution is -0.143. The first-order valence-electron chi connectivity index (χ1n) is 10.5. The van der Waals surface area contributed by atoms with Gasteiger partial charge in [-0.25, -0.2) is 4.39 Å². The molecule has 1 aliphatic heterocycles. The lowest BCUT2D eigenvalue weighted by atomic mass is 10.2. The van der Waals surface area contributed by atoms with Crippen LogP contribution in [0.3, 0.4) is 0 Å². The Labute approximate surface area is 175 Å². The minimum atomic E-state index is -0.319. The van der Waals surface area contributed by atoms with E-state index in [2.05, 4.69) is 0 Å². The van der Waals surface area contributed by atoms with Crippen molar-refractivity contribution >= 4 is 11.8 Å². The van der Waals surface area contributed by atoms with Gasteiger partial charge in [0, 0.05) is 25.6 Å². The van der Waals surface area contributed by atoms with E-state index < -0.39 is 0 Å². The smallest absolute Gasteiger partial charge is 0.242 e. The Kier molecular flexibility index (Phi) is 6.47. The Morgan fingerprint density at radius 3 is 2.47 bits per heavy atom. The van der Waals surface area contributed by atoms with Gasteiger partial charge in [-0.2, -0.15) is 0 Å². The van der Waals surface area contributed by atoms with Gasteiger partial charge in [0.2, 0.25) is 11.8 Å². The van der Waals surface area contributed by atoms with Gasteiger partial charge in [0.05, 0.1) is 25.5 Å².